The van der Waals surface area contributed by atoms with Gasteiger partial charge in [-0.25, -0.2) is 14.6 Å². The number of aromatic nitrogens is 4. The highest BCUT2D eigenvalue weighted by molar-refractivity contribution is 5.96. The molecular weight excluding hydrogens is 408 g/mol. The summed E-state index contributed by atoms with van der Waals surface area (Å²) < 4.78 is 1.56. The van der Waals surface area contributed by atoms with Crippen molar-refractivity contribution in [1.29, 1.82) is 0 Å². The number of amides is 2. The van der Waals surface area contributed by atoms with Gasteiger partial charge in [0, 0.05) is 26.6 Å². The van der Waals surface area contributed by atoms with Crippen LogP contribution in [0.2, 0.25) is 0 Å². The van der Waals surface area contributed by atoms with Gasteiger partial charge in [0.25, 0.3) is 11.8 Å². The summed E-state index contributed by atoms with van der Waals surface area (Å²) in [6, 6.07) is 14.3. The van der Waals surface area contributed by atoms with E-state index in [4.69, 9.17) is 0 Å². The number of pyridine rings is 1. The van der Waals surface area contributed by atoms with Gasteiger partial charge in [0.05, 0.1) is 11.2 Å². The second-order valence-corrected chi connectivity index (χ2v) is 8.31. The van der Waals surface area contributed by atoms with Crippen LogP contribution in [0.25, 0.3) is 5.69 Å². The van der Waals surface area contributed by atoms with Gasteiger partial charge in [-0.15, -0.1) is 5.10 Å². The summed E-state index contributed by atoms with van der Waals surface area (Å²) in [6.07, 6.45) is 1.52. The summed E-state index contributed by atoms with van der Waals surface area (Å²) >= 11 is 0. The van der Waals surface area contributed by atoms with E-state index in [1.165, 1.54) is 13.3 Å². The lowest BCUT2D eigenvalue weighted by Crippen LogP contribution is -2.62. The van der Waals surface area contributed by atoms with Crippen LogP contribution in [0.4, 0.5) is 0 Å². The summed E-state index contributed by atoms with van der Waals surface area (Å²) in [5.41, 5.74) is 0.649. The molecule has 2 aromatic heterocycles. The van der Waals surface area contributed by atoms with Crippen LogP contribution in [-0.4, -0.2) is 72.3 Å². The van der Waals surface area contributed by atoms with Crippen LogP contribution in [-0.2, 0) is 0 Å². The Balaban J connectivity index is 1.49. The van der Waals surface area contributed by atoms with E-state index in [2.05, 4.69) is 15.1 Å². The summed E-state index contributed by atoms with van der Waals surface area (Å²) in [4.78, 5) is 49.5. The van der Waals surface area contributed by atoms with E-state index < -0.39 is 5.54 Å². The predicted octanol–water partition coefficient (Wildman–Crippen LogP) is 2.24. The normalized spacial score (nSPS) is 15.5. The Morgan fingerprint density at radius 1 is 0.906 bits per heavy atom. The third-order valence-electron chi connectivity index (χ3n) is 5.47. The number of carbonyl (C=O) groups excluding carboxylic acids is 3. The van der Waals surface area contributed by atoms with Crippen molar-refractivity contribution >= 4 is 17.6 Å². The first-order valence-corrected chi connectivity index (χ1v) is 10.3. The van der Waals surface area contributed by atoms with Crippen LogP contribution in [0.15, 0.2) is 54.9 Å². The number of hydrogen-bond acceptors (Lipinski definition) is 6. The van der Waals surface area contributed by atoms with Crippen molar-refractivity contribution in [2.24, 2.45) is 0 Å². The Morgan fingerprint density at radius 2 is 1.62 bits per heavy atom. The SMILES string of the molecule is CC(=O)c1cccc(C(=O)N2CCN(C(=O)c3ncn(-c4ccccc4)n3)C(C)(C)C2)n1. The van der Waals surface area contributed by atoms with Crippen LogP contribution >= 0.6 is 0 Å². The highest BCUT2D eigenvalue weighted by Gasteiger charge is 2.40. The average molecular weight is 432 g/mol. The fourth-order valence-corrected chi connectivity index (χ4v) is 3.80. The zero-order valence-corrected chi connectivity index (χ0v) is 18.2. The van der Waals surface area contributed by atoms with E-state index >= 15 is 0 Å². The molecule has 0 saturated carbocycles. The lowest BCUT2D eigenvalue weighted by molar-refractivity contribution is 0.0158. The third-order valence-corrected chi connectivity index (χ3v) is 5.47. The predicted molar refractivity (Wildman–Crippen MR) is 117 cm³/mol. The van der Waals surface area contributed by atoms with Gasteiger partial charge >= 0.3 is 0 Å². The number of para-hydroxylation sites is 1. The van der Waals surface area contributed by atoms with Crippen LogP contribution < -0.4 is 0 Å². The molecule has 0 atom stereocenters. The van der Waals surface area contributed by atoms with Gasteiger partial charge in [-0.3, -0.25) is 14.4 Å². The maximum absolute atomic E-state index is 13.2. The van der Waals surface area contributed by atoms with Crippen LogP contribution in [0.3, 0.4) is 0 Å². The lowest BCUT2D eigenvalue weighted by atomic mass is 9.98. The van der Waals surface area contributed by atoms with Crippen molar-refractivity contribution in [1.82, 2.24) is 29.5 Å². The van der Waals surface area contributed by atoms with Gasteiger partial charge in [-0.05, 0) is 38.1 Å². The fourth-order valence-electron chi connectivity index (χ4n) is 3.80. The molecule has 0 bridgehead atoms. The molecule has 4 rings (SSSR count). The van der Waals surface area contributed by atoms with Gasteiger partial charge in [-0.1, -0.05) is 24.3 Å². The number of carbonyl (C=O) groups is 3. The third kappa shape index (κ3) is 4.14. The summed E-state index contributed by atoms with van der Waals surface area (Å²) in [5, 5.41) is 4.34. The molecule has 1 saturated heterocycles. The van der Waals surface area contributed by atoms with Crippen molar-refractivity contribution in [3.63, 3.8) is 0 Å². The molecule has 3 heterocycles. The van der Waals surface area contributed by atoms with Gasteiger partial charge < -0.3 is 9.80 Å². The number of hydrogen-bond donors (Lipinski definition) is 0. The van der Waals surface area contributed by atoms with Gasteiger partial charge in [0.1, 0.15) is 17.7 Å². The Hall–Kier alpha value is -3.88. The highest BCUT2D eigenvalue weighted by Crippen LogP contribution is 2.24. The first kappa shape index (κ1) is 21.4. The molecule has 1 fully saturated rings. The molecule has 9 heteroatoms. The minimum absolute atomic E-state index is 0.109. The van der Waals surface area contributed by atoms with Gasteiger partial charge in [-0.2, -0.15) is 0 Å². The first-order chi connectivity index (χ1) is 15.3. The average Bonchev–Trinajstić information content (AvgIpc) is 3.28. The lowest BCUT2D eigenvalue weighted by Gasteiger charge is -2.46. The molecule has 164 valence electrons. The minimum Gasteiger partial charge on any atom is -0.333 e. The first-order valence-electron chi connectivity index (χ1n) is 10.3. The maximum atomic E-state index is 13.2. The number of benzene rings is 1. The monoisotopic (exact) mass is 432 g/mol. The zero-order chi connectivity index (χ0) is 22.9. The molecule has 2 amide bonds. The van der Waals surface area contributed by atoms with Gasteiger partial charge in [0.15, 0.2) is 5.78 Å². The zero-order valence-electron chi connectivity index (χ0n) is 18.2. The number of rotatable bonds is 4. The number of nitrogens with zero attached hydrogens (tertiary/aromatic N) is 6. The molecule has 32 heavy (non-hydrogen) atoms. The van der Waals surface area contributed by atoms with Crippen molar-refractivity contribution in [3.8, 4) is 5.69 Å². The summed E-state index contributed by atoms with van der Waals surface area (Å²) in [6.45, 7) is 6.22. The fraction of sp³-hybridized carbons (Fsp3) is 0.304. The van der Waals surface area contributed by atoms with Crippen LogP contribution in [0.1, 0.15) is 52.4 Å². The molecule has 0 unspecified atom stereocenters. The Morgan fingerprint density at radius 3 is 2.31 bits per heavy atom. The second kappa shape index (κ2) is 8.33. The summed E-state index contributed by atoms with van der Waals surface area (Å²) in [7, 11) is 0. The molecule has 3 aromatic rings. The van der Waals surface area contributed by atoms with E-state index in [0.29, 0.717) is 19.6 Å². The number of piperazine rings is 1. The van der Waals surface area contributed by atoms with Crippen LogP contribution in [0.5, 0.6) is 0 Å². The highest BCUT2D eigenvalue weighted by atomic mass is 16.2. The molecule has 0 aliphatic carbocycles. The molecular formula is C23H24N6O3. The quantitative estimate of drug-likeness (QED) is 0.586. The van der Waals surface area contributed by atoms with Crippen molar-refractivity contribution in [3.05, 3.63) is 72.1 Å². The van der Waals surface area contributed by atoms with E-state index in [-0.39, 0.29) is 34.8 Å². The summed E-state index contributed by atoms with van der Waals surface area (Å²) in [5.74, 6) is -0.636. The number of ketones is 1. The van der Waals surface area contributed by atoms with Crippen molar-refractivity contribution in [2.45, 2.75) is 26.3 Å². The van der Waals surface area contributed by atoms with Crippen molar-refractivity contribution < 1.29 is 14.4 Å². The van der Waals surface area contributed by atoms with E-state index in [1.54, 1.807) is 32.7 Å². The Kier molecular flexibility index (Phi) is 5.56. The molecule has 1 aliphatic rings. The topological polar surface area (TPSA) is 101 Å². The smallest absolute Gasteiger partial charge is 0.294 e. The molecule has 9 nitrogen and oxygen atoms in total. The van der Waals surface area contributed by atoms with Crippen LogP contribution in [0, 0.1) is 0 Å². The van der Waals surface area contributed by atoms with E-state index in [9.17, 15) is 14.4 Å². The molecule has 0 radical (unpaired) electrons. The van der Waals surface area contributed by atoms with E-state index in [0.717, 1.165) is 5.69 Å². The standard InChI is InChI=1S/C23H24N6O3/c1-16(30)18-10-7-11-19(25-18)21(31)27-12-13-28(23(2,3)14-27)22(32)20-24-15-29(26-20)17-8-5-4-6-9-17/h4-11,15H,12-14H2,1-3H3. The Bertz CT molecular complexity index is 1170. The molecule has 1 aromatic carbocycles. The second-order valence-electron chi connectivity index (χ2n) is 8.31. The number of Topliss-reactive ketones (excluding diaryl/α,β-unsaturated/α-hetero) is 1. The molecule has 0 spiro atoms. The molecule has 1 aliphatic heterocycles. The Labute approximate surface area is 185 Å². The van der Waals surface area contributed by atoms with Crippen molar-refractivity contribution in [2.75, 3.05) is 19.6 Å². The minimum atomic E-state index is -0.638. The molecule has 0 N–H and O–H groups in total. The largest absolute Gasteiger partial charge is 0.333 e. The van der Waals surface area contributed by atoms with E-state index in [1.807, 2.05) is 44.2 Å². The van der Waals surface area contributed by atoms with Gasteiger partial charge in [0.2, 0.25) is 5.82 Å². The maximum Gasteiger partial charge on any atom is 0.294 e.